The molecule has 1 heterocycles. The second-order valence-corrected chi connectivity index (χ2v) is 2.44. The van der Waals surface area contributed by atoms with Crippen molar-refractivity contribution in [3.8, 4) is 0 Å². The molecule has 0 aromatic carbocycles. The van der Waals surface area contributed by atoms with Gasteiger partial charge in [-0.05, 0) is 0 Å². The Kier molecular flexibility index (Phi) is 2.24. The summed E-state index contributed by atoms with van der Waals surface area (Å²) in [5.74, 6) is -0.965. The number of aliphatic hydroxyl groups excluding tert-OH is 1. The third-order valence-electron chi connectivity index (χ3n) is 1.35. The third-order valence-corrected chi connectivity index (χ3v) is 1.35. The van der Waals surface area contributed by atoms with Crippen LogP contribution in [0.15, 0.2) is 0 Å². The summed E-state index contributed by atoms with van der Waals surface area (Å²) in [6.07, 6.45) is -0.369. The Bertz CT molecular complexity index is 130. The SMILES string of the molecule is O=C(O)CC(O)CC1CO1. The first-order chi connectivity index (χ1) is 4.68. The summed E-state index contributed by atoms with van der Waals surface area (Å²) in [7, 11) is 0. The maximum Gasteiger partial charge on any atom is 0.305 e. The number of aliphatic hydroxyl groups is 1. The molecule has 10 heavy (non-hydrogen) atoms. The molecule has 0 aliphatic carbocycles. The van der Waals surface area contributed by atoms with Crippen LogP contribution in [0.4, 0.5) is 0 Å². The van der Waals surface area contributed by atoms with Gasteiger partial charge in [0, 0.05) is 6.42 Å². The Morgan fingerprint density at radius 2 is 2.40 bits per heavy atom. The van der Waals surface area contributed by atoms with E-state index in [1.165, 1.54) is 0 Å². The normalized spacial score (nSPS) is 25.9. The van der Waals surface area contributed by atoms with Crippen molar-refractivity contribution in [1.82, 2.24) is 0 Å². The molecule has 0 aromatic heterocycles. The zero-order chi connectivity index (χ0) is 7.56. The summed E-state index contributed by atoms with van der Waals surface area (Å²) in [6, 6.07) is 0. The van der Waals surface area contributed by atoms with E-state index < -0.39 is 12.1 Å². The summed E-state index contributed by atoms with van der Waals surface area (Å²) in [5, 5.41) is 17.2. The van der Waals surface area contributed by atoms with E-state index in [2.05, 4.69) is 0 Å². The average molecular weight is 146 g/mol. The van der Waals surface area contributed by atoms with Gasteiger partial charge < -0.3 is 14.9 Å². The van der Waals surface area contributed by atoms with Crippen molar-refractivity contribution >= 4 is 5.97 Å². The Hall–Kier alpha value is -0.610. The topological polar surface area (TPSA) is 70.1 Å². The van der Waals surface area contributed by atoms with Gasteiger partial charge in [0.05, 0.1) is 25.2 Å². The van der Waals surface area contributed by atoms with Gasteiger partial charge in [-0.25, -0.2) is 0 Å². The van der Waals surface area contributed by atoms with Crippen LogP contribution < -0.4 is 0 Å². The minimum absolute atomic E-state index is 0.106. The predicted molar refractivity (Wildman–Crippen MR) is 32.6 cm³/mol. The molecule has 1 rings (SSSR count). The zero-order valence-electron chi connectivity index (χ0n) is 5.49. The van der Waals surface area contributed by atoms with E-state index >= 15 is 0 Å². The van der Waals surface area contributed by atoms with Gasteiger partial charge in [-0.15, -0.1) is 0 Å². The Morgan fingerprint density at radius 1 is 1.80 bits per heavy atom. The van der Waals surface area contributed by atoms with E-state index in [0.29, 0.717) is 13.0 Å². The monoisotopic (exact) mass is 146 g/mol. The fourth-order valence-electron chi connectivity index (χ4n) is 0.792. The van der Waals surface area contributed by atoms with E-state index in [-0.39, 0.29) is 12.5 Å². The summed E-state index contributed by atoms with van der Waals surface area (Å²) in [5.41, 5.74) is 0. The van der Waals surface area contributed by atoms with Gasteiger partial charge in [0.2, 0.25) is 0 Å². The number of aliphatic carboxylic acids is 1. The summed E-state index contributed by atoms with van der Waals surface area (Å²) >= 11 is 0. The van der Waals surface area contributed by atoms with Gasteiger partial charge in [0.15, 0.2) is 0 Å². The predicted octanol–water partition coefficient (Wildman–Crippen LogP) is -0.389. The molecule has 4 nitrogen and oxygen atoms in total. The highest BCUT2D eigenvalue weighted by Gasteiger charge is 2.26. The minimum Gasteiger partial charge on any atom is -0.481 e. The number of rotatable bonds is 4. The zero-order valence-corrected chi connectivity index (χ0v) is 5.49. The number of carboxylic acids is 1. The Balaban J connectivity index is 2.07. The lowest BCUT2D eigenvalue weighted by molar-refractivity contribution is -0.139. The lowest BCUT2D eigenvalue weighted by atomic mass is 10.1. The molecule has 0 bridgehead atoms. The van der Waals surface area contributed by atoms with E-state index in [1.54, 1.807) is 0 Å². The first-order valence-electron chi connectivity index (χ1n) is 3.20. The van der Waals surface area contributed by atoms with Crippen molar-refractivity contribution < 1.29 is 19.7 Å². The molecule has 0 amide bonds. The van der Waals surface area contributed by atoms with Crippen molar-refractivity contribution in [2.24, 2.45) is 0 Å². The molecule has 1 aliphatic heterocycles. The van der Waals surface area contributed by atoms with E-state index in [9.17, 15) is 4.79 Å². The molecule has 0 saturated carbocycles. The van der Waals surface area contributed by atoms with Crippen LogP contribution in [0.25, 0.3) is 0 Å². The molecule has 2 N–H and O–H groups in total. The lowest BCUT2D eigenvalue weighted by Gasteiger charge is -2.03. The van der Waals surface area contributed by atoms with Crippen molar-refractivity contribution in [3.05, 3.63) is 0 Å². The van der Waals surface area contributed by atoms with Gasteiger partial charge in [-0.2, -0.15) is 0 Å². The molecule has 1 saturated heterocycles. The van der Waals surface area contributed by atoms with Crippen molar-refractivity contribution in [1.29, 1.82) is 0 Å². The van der Waals surface area contributed by atoms with Crippen LogP contribution in [0.5, 0.6) is 0 Å². The second-order valence-electron chi connectivity index (χ2n) is 2.44. The van der Waals surface area contributed by atoms with Crippen LogP contribution in [-0.2, 0) is 9.53 Å². The number of carbonyl (C=O) groups is 1. The van der Waals surface area contributed by atoms with Crippen LogP contribution in [0.1, 0.15) is 12.8 Å². The van der Waals surface area contributed by atoms with Crippen molar-refractivity contribution in [2.45, 2.75) is 25.0 Å². The van der Waals surface area contributed by atoms with E-state index in [1.807, 2.05) is 0 Å². The third kappa shape index (κ3) is 2.80. The highest BCUT2D eigenvalue weighted by Crippen LogP contribution is 2.16. The molecule has 1 fully saturated rings. The van der Waals surface area contributed by atoms with Crippen LogP contribution >= 0.6 is 0 Å². The largest absolute Gasteiger partial charge is 0.481 e. The second kappa shape index (κ2) is 2.98. The molecule has 0 radical (unpaired) electrons. The standard InChI is InChI=1S/C6H10O4/c7-4(2-6(8)9)1-5-3-10-5/h4-5,7H,1-3H2,(H,8,9). The molecule has 0 aromatic rings. The highest BCUT2D eigenvalue weighted by atomic mass is 16.6. The highest BCUT2D eigenvalue weighted by molar-refractivity contribution is 5.67. The maximum absolute atomic E-state index is 10.0. The minimum atomic E-state index is -0.965. The summed E-state index contributed by atoms with van der Waals surface area (Å²) in [4.78, 5) is 10.0. The van der Waals surface area contributed by atoms with Gasteiger partial charge in [0.1, 0.15) is 0 Å². The van der Waals surface area contributed by atoms with E-state index in [4.69, 9.17) is 14.9 Å². The number of hydrogen-bond donors (Lipinski definition) is 2. The first-order valence-corrected chi connectivity index (χ1v) is 3.20. The fraction of sp³-hybridized carbons (Fsp3) is 0.833. The molecule has 58 valence electrons. The molecule has 1 aliphatic rings. The maximum atomic E-state index is 10.0. The summed E-state index contributed by atoms with van der Waals surface area (Å²) < 4.78 is 4.81. The van der Waals surface area contributed by atoms with Gasteiger partial charge in [0.25, 0.3) is 0 Å². The number of ether oxygens (including phenoxy) is 1. The van der Waals surface area contributed by atoms with Crippen LogP contribution in [0.3, 0.4) is 0 Å². The Morgan fingerprint density at radius 3 is 2.80 bits per heavy atom. The molecular weight excluding hydrogens is 136 g/mol. The number of epoxide rings is 1. The Labute approximate surface area is 58.4 Å². The molecule has 0 spiro atoms. The van der Waals surface area contributed by atoms with Gasteiger partial charge >= 0.3 is 5.97 Å². The van der Waals surface area contributed by atoms with E-state index in [0.717, 1.165) is 0 Å². The van der Waals surface area contributed by atoms with Gasteiger partial charge in [-0.1, -0.05) is 0 Å². The number of hydrogen-bond acceptors (Lipinski definition) is 3. The lowest BCUT2D eigenvalue weighted by Crippen LogP contribution is -2.14. The number of carboxylic acid groups (broad SMARTS) is 1. The van der Waals surface area contributed by atoms with Gasteiger partial charge in [-0.3, -0.25) is 4.79 Å². The molecule has 2 unspecified atom stereocenters. The molecular formula is C6H10O4. The van der Waals surface area contributed by atoms with Crippen LogP contribution in [-0.4, -0.2) is 35.0 Å². The quantitative estimate of drug-likeness (QED) is 0.530. The average Bonchev–Trinajstić information content (AvgIpc) is 2.46. The molecule has 2 atom stereocenters. The van der Waals surface area contributed by atoms with Crippen molar-refractivity contribution in [3.63, 3.8) is 0 Å². The van der Waals surface area contributed by atoms with Crippen molar-refractivity contribution in [2.75, 3.05) is 6.61 Å². The molecule has 4 heteroatoms. The van der Waals surface area contributed by atoms with Crippen LogP contribution in [0.2, 0.25) is 0 Å². The smallest absolute Gasteiger partial charge is 0.305 e. The summed E-state index contributed by atoms with van der Waals surface area (Å²) in [6.45, 7) is 0.663. The fourth-order valence-corrected chi connectivity index (χ4v) is 0.792. The first kappa shape index (κ1) is 7.50. The van der Waals surface area contributed by atoms with Crippen LogP contribution in [0, 0.1) is 0 Å².